The van der Waals surface area contributed by atoms with Crippen molar-refractivity contribution in [2.45, 2.75) is 38.6 Å². The van der Waals surface area contributed by atoms with Crippen LogP contribution >= 0.6 is 7.60 Å². The number of fused-ring (bicyclic) bond motifs is 1. The molecule has 0 N–H and O–H groups in total. The van der Waals surface area contributed by atoms with Crippen LogP contribution in [0.1, 0.15) is 32.8 Å². The minimum atomic E-state index is -3.79. The summed E-state index contributed by atoms with van der Waals surface area (Å²) in [7, 11) is -3.79. The van der Waals surface area contributed by atoms with E-state index in [0.717, 1.165) is 12.1 Å². The minimum absolute atomic E-state index is 0.0437. The number of piperidine rings is 1. The van der Waals surface area contributed by atoms with Crippen LogP contribution in [0.2, 0.25) is 0 Å². The molecule has 1 unspecified atom stereocenters. The van der Waals surface area contributed by atoms with E-state index in [1.165, 1.54) is 17.0 Å². The van der Waals surface area contributed by atoms with E-state index in [1.54, 1.807) is 20.8 Å². The average molecular weight is 442 g/mol. The number of Topliss-reactive ketones (excluding diaryl/α,β-unsaturated/α-hetero) is 1. The van der Waals surface area contributed by atoms with Crippen molar-refractivity contribution >= 4 is 25.2 Å². The lowest BCUT2D eigenvalue weighted by atomic mass is 9.97. The van der Waals surface area contributed by atoms with E-state index < -0.39 is 30.8 Å². The van der Waals surface area contributed by atoms with Crippen molar-refractivity contribution in [1.82, 2.24) is 4.90 Å². The molecular formula is C19H24FN2O7P. The topological polar surface area (TPSA) is 104 Å². The van der Waals surface area contributed by atoms with E-state index in [4.69, 9.17) is 18.6 Å². The standard InChI is InChI=1S/C19H24FN2O7P/c1-4-26-18(24)19(13-7-9-14(20)10-8-13)22-12-15(23)11-16(17(22)21-29-19)30(25,27-5-2)28-6-3/h7-10,16H,4-6,11-12H2,1-3H3/t16?,19-/m1/s1. The fraction of sp³-hybridized carbons (Fsp3) is 0.526. The van der Waals surface area contributed by atoms with Crippen molar-refractivity contribution in [3.05, 3.63) is 35.6 Å². The molecule has 0 spiro atoms. The normalized spacial score (nSPS) is 23.6. The monoisotopic (exact) mass is 442 g/mol. The molecule has 2 atom stereocenters. The Morgan fingerprint density at radius 2 is 1.87 bits per heavy atom. The number of hydrogen-bond donors (Lipinski definition) is 0. The van der Waals surface area contributed by atoms with Crippen LogP contribution in [0.5, 0.6) is 0 Å². The minimum Gasteiger partial charge on any atom is -0.461 e. The molecule has 164 valence electrons. The van der Waals surface area contributed by atoms with Gasteiger partial charge in [-0.1, -0.05) is 5.16 Å². The molecule has 2 aliphatic heterocycles. The average Bonchev–Trinajstić information content (AvgIpc) is 3.08. The van der Waals surface area contributed by atoms with Gasteiger partial charge in [0.05, 0.1) is 26.4 Å². The Bertz CT molecular complexity index is 881. The van der Waals surface area contributed by atoms with Gasteiger partial charge in [0.1, 0.15) is 11.5 Å². The third kappa shape index (κ3) is 3.75. The molecule has 1 saturated heterocycles. The van der Waals surface area contributed by atoms with E-state index in [-0.39, 0.29) is 50.0 Å². The van der Waals surface area contributed by atoms with Crippen LogP contribution in [-0.4, -0.2) is 54.5 Å². The van der Waals surface area contributed by atoms with Gasteiger partial charge in [0.15, 0.2) is 11.6 Å². The van der Waals surface area contributed by atoms with Crippen LogP contribution in [0, 0.1) is 5.82 Å². The Hall–Kier alpha value is -2.29. The SMILES string of the molecule is CCOC(=O)[C@@]1(c2ccc(F)cc2)ON=C2C(P(=O)(OCC)OCC)CC(=O)CN21. The summed E-state index contributed by atoms with van der Waals surface area (Å²) in [6.45, 7) is 4.93. The van der Waals surface area contributed by atoms with Gasteiger partial charge in [-0.25, -0.2) is 9.18 Å². The third-order valence-electron chi connectivity index (χ3n) is 4.77. The number of carbonyl (C=O) groups excluding carboxylic acids is 2. The lowest BCUT2D eigenvalue weighted by Crippen LogP contribution is -2.59. The summed E-state index contributed by atoms with van der Waals surface area (Å²) >= 11 is 0. The summed E-state index contributed by atoms with van der Waals surface area (Å²) in [5.74, 6) is -1.55. The Balaban J connectivity index is 2.10. The maximum atomic E-state index is 13.5. The molecule has 3 rings (SSSR count). The third-order valence-corrected chi connectivity index (χ3v) is 7.18. The van der Waals surface area contributed by atoms with Crippen molar-refractivity contribution in [2.24, 2.45) is 5.16 Å². The molecule has 11 heteroatoms. The first-order valence-corrected chi connectivity index (χ1v) is 11.3. The number of ether oxygens (including phenoxy) is 1. The van der Waals surface area contributed by atoms with Gasteiger partial charge in [-0.05, 0) is 45.0 Å². The summed E-state index contributed by atoms with van der Waals surface area (Å²) in [6, 6.07) is 5.02. The molecule has 30 heavy (non-hydrogen) atoms. The fourth-order valence-electron chi connectivity index (χ4n) is 3.56. The van der Waals surface area contributed by atoms with Crippen molar-refractivity contribution in [3.63, 3.8) is 0 Å². The number of hydrogen-bond acceptors (Lipinski definition) is 9. The van der Waals surface area contributed by atoms with Gasteiger partial charge < -0.3 is 18.6 Å². The summed E-state index contributed by atoms with van der Waals surface area (Å²) in [5, 5.41) is 4.02. The number of nitrogens with zero attached hydrogens (tertiary/aromatic N) is 2. The highest BCUT2D eigenvalue weighted by atomic mass is 31.2. The lowest BCUT2D eigenvalue weighted by molar-refractivity contribution is -0.189. The molecule has 2 heterocycles. The molecule has 1 aromatic carbocycles. The number of carbonyl (C=O) groups is 2. The fourth-order valence-corrected chi connectivity index (χ4v) is 5.61. The number of oxime groups is 1. The Labute approximate surface area is 173 Å². The van der Waals surface area contributed by atoms with E-state index >= 15 is 0 Å². The van der Waals surface area contributed by atoms with Crippen LogP contribution in [0.3, 0.4) is 0 Å². The highest BCUT2D eigenvalue weighted by Gasteiger charge is 2.61. The predicted molar refractivity (Wildman–Crippen MR) is 104 cm³/mol. The molecule has 0 aromatic heterocycles. The first-order valence-electron chi connectivity index (χ1n) is 9.69. The van der Waals surface area contributed by atoms with Crippen molar-refractivity contribution in [3.8, 4) is 0 Å². The van der Waals surface area contributed by atoms with E-state index in [0.29, 0.717) is 0 Å². The summed E-state index contributed by atoms with van der Waals surface area (Å²) < 4.78 is 43.0. The molecule has 1 fully saturated rings. The van der Waals surface area contributed by atoms with E-state index in [9.17, 15) is 18.5 Å². The maximum Gasteiger partial charge on any atom is 0.380 e. The molecule has 0 amide bonds. The van der Waals surface area contributed by atoms with Gasteiger partial charge in [0.25, 0.3) is 0 Å². The Morgan fingerprint density at radius 3 is 2.43 bits per heavy atom. The zero-order chi connectivity index (χ0) is 21.9. The van der Waals surface area contributed by atoms with Crippen molar-refractivity contribution in [1.29, 1.82) is 0 Å². The Kier molecular flexibility index (Phi) is 6.59. The van der Waals surface area contributed by atoms with Crippen molar-refractivity contribution < 1.29 is 37.2 Å². The number of halogens is 1. The van der Waals surface area contributed by atoms with Gasteiger partial charge in [-0.2, -0.15) is 0 Å². The van der Waals surface area contributed by atoms with Gasteiger partial charge in [-0.15, -0.1) is 0 Å². The number of ketones is 1. The highest BCUT2D eigenvalue weighted by molar-refractivity contribution is 7.55. The van der Waals surface area contributed by atoms with Crippen LogP contribution in [0.15, 0.2) is 29.4 Å². The summed E-state index contributed by atoms with van der Waals surface area (Å²) in [6.07, 6.45) is -0.141. The first kappa shape index (κ1) is 22.4. The van der Waals surface area contributed by atoms with Gasteiger partial charge in [0.2, 0.25) is 0 Å². The number of amidine groups is 1. The largest absolute Gasteiger partial charge is 0.461 e. The molecular weight excluding hydrogens is 418 g/mol. The maximum absolute atomic E-state index is 13.5. The first-order chi connectivity index (χ1) is 14.3. The summed E-state index contributed by atoms with van der Waals surface area (Å²) in [4.78, 5) is 32.5. The van der Waals surface area contributed by atoms with Crippen LogP contribution < -0.4 is 0 Å². The molecule has 9 nitrogen and oxygen atoms in total. The molecule has 0 bridgehead atoms. The van der Waals surface area contributed by atoms with Crippen LogP contribution in [0.25, 0.3) is 0 Å². The van der Waals surface area contributed by atoms with Gasteiger partial charge in [0, 0.05) is 12.0 Å². The zero-order valence-electron chi connectivity index (χ0n) is 17.0. The van der Waals surface area contributed by atoms with E-state index in [2.05, 4.69) is 5.16 Å². The quantitative estimate of drug-likeness (QED) is 0.447. The summed E-state index contributed by atoms with van der Waals surface area (Å²) in [5.41, 5.74) is -2.77. The second-order valence-corrected chi connectivity index (χ2v) is 8.85. The van der Waals surface area contributed by atoms with Gasteiger partial charge in [-0.3, -0.25) is 14.3 Å². The zero-order valence-corrected chi connectivity index (χ0v) is 17.9. The highest BCUT2D eigenvalue weighted by Crippen LogP contribution is 2.57. The second kappa shape index (κ2) is 8.83. The number of rotatable bonds is 8. The number of benzene rings is 1. The Morgan fingerprint density at radius 1 is 1.23 bits per heavy atom. The molecule has 2 aliphatic rings. The molecule has 0 aliphatic carbocycles. The molecule has 0 radical (unpaired) electrons. The lowest BCUT2D eigenvalue weighted by Gasteiger charge is -2.39. The predicted octanol–water partition coefficient (Wildman–Crippen LogP) is 2.79. The van der Waals surface area contributed by atoms with Crippen LogP contribution in [0.4, 0.5) is 4.39 Å². The van der Waals surface area contributed by atoms with E-state index in [1.807, 2.05) is 0 Å². The van der Waals surface area contributed by atoms with Gasteiger partial charge >= 0.3 is 19.3 Å². The number of esters is 1. The van der Waals surface area contributed by atoms with Crippen LogP contribution in [-0.2, 0) is 38.5 Å². The molecule has 0 saturated carbocycles. The van der Waals surface area contributed by atoms with Crippen molar-refractivity contribution in [2.75, 3.05) is 26.4 Å². The molecule has 1 aromatic rings. The second-order valence-electron chi connectivity index (χ2n) is 6.63. The smallest absolute Gasteiger partial charge is 0.380 e.